The van der Waals surface area contributed by atoms with Crippen molar-refractivity contribution < 1.29 is 9.18 Å². The van der Waals surface area contributed by atoms with Gasteiger partial charge in [-0.05, 0) is 56.3 Å². The van der Waals surface area contributed by atoms with Gasteiger partial charge in [0.25, 0.3) is 0 Å². The van der Waals surface area contributed by atoms with Gasteiger partial charge in [-0.25, -0.2) is 4.39 Å². The summed E-state index contributed by atoms with van der Waals surface area (Å²) in [7, 11) is 2.07. The summed E-state index contributed by atoms with van der Waals surface area (Å²) in [5, 5.41) is 3.05. The number of halogens is 1. The summed E-state index contributed by atoms with van der Waals surface area (Å²) >= 11 is 1.82. The topological polar surface area (TPSA) is 32.3 Å². The zero-order valence-corrected chi connectivity index (χ0v) is 14.0. The van der Waals surface area contributed by atoms with Crippen LogP contribution in [0.3, 0.4) is 0 Å². The van der Waals surface area contributed by atoms with Gasteiger partial charge in [-0.3, -0.25) is 4.79 Å². The molecule has 5 heteroatoms. The number of carbonyl (C=O) groups is 1. The molecule has 2 rings (SSSR count). The Kier molecular flexibility index (Phi) is 7.19. The van der Waals surface area contributed by atoms with E-state index in [2.05, 4.69) is 17.3 Å². The number of thioether (sulfide) groups is 1. The van der Waals surface area contributed by atoms with Gasteiger partial charge in [0.05, 0.1) is 5.92 Å². The van der Waals surface area contributed by atoms with Gasteiger partial charge in [0.2, 0.25) is 5.91 Å². The van der Waals surface area contributed by atoms with Crippen molar-refractivity contribution >= 4 is 17.7 Å². The van der Waals surface area contributed by atoms with E-state index in [9.17, 15) is 9.18 Å². The second-order valence-corrected chi connectivity index (χ2v) is 7.03. The Labute approximate surface area is 136 Å². The first-order valence-electron chi connectivity index (χ1n) is 7.93. The molecule has 22 heavy (non-hydrogen) atoms. The van der Waals surface area contributed by atoms with Gasteiger partial charge in [-0.1, -0.05) is 12.1 Å². The Hall–Kier alpha value is -1.07. The number of nitrogens with zero attached hydrogens (tertiary/aromatic N) is 1. The minimum Gasteiger partial charge on any atom is -0.356 e. The smallest absolute Gasteiger partial charge is 0.224 e. The SMILES string of the molecule is CN1CCCC(C(=O)NCCCSCc2ccc(F)cc2)C1. The zero-order chi connectivity index (χ0) is 15.8. The Balaban J connectivity index is 1.53. The number of piperidine rings is 1. The number of hydrogen-bond acceptors (Lipinski definition) is 3. The van der Waals surface area contributed by atoms with Gasteiger partial charge < -0.3 is 10.2 Å². The van der Waals surface area contributed by atoms with Crippen molar-refractivity contribution in [2.24, 2.45) is 5.92 Å². The standard InChI is InChI=1S/C17H25FN2OS/c1-20-10-2-4-15(12-20)17(21)19-9-3-11-22-13-14-5-7-16(18)8-6-14/h5-8,15H,2-4,9-13H2,1H3,(H,19,21). The predicted molar refractivity (Wildman–Crippen MR) is 90.4 cm³/mol. The number of rotatable bonds is 7. The molecule has 0 spiro atoms. The van der Waals surface area contributed by atoms with Gasteiger partial charge >= 0.3 is 0 Å². The summed E-state index contributed by atoms with van der Waals surface area (Å²) in [6, 6.07) is 6.64. The van der Waals surface area contributed by atoms with Crippen molar-refractivity contribution in [3.8, 4) is 0 Å². The molecule has 122 valence electrons. The van der Waals surface area contributed by atoms with E-state index in [-0.39, 0.29) is 17.6 Å². The summed E-state index contributed by atoms with van der Waals surface area (Å²) in [6.45, 7) is 2.73. The Bertz CT molecular complexity index is 466. The van der Waals surface area contributed by atoms with Gasteiger partial charge in [0.1, 0.15) is 5.82 Å². The van der Waals surface area contributed by atoms with Crippen molar-refractivity contribution in [2.75, 3.05) is 32.4 Å². The lowest BCUT2D eigenvalue weighted by atomic mass is 9.98. The molecule has 0 aromatic heterocycles. The van der Waals surface area contributed by atoms with Crippen LogP contribution in [0.5, 0.6) is 0 Å². The molecule has 1 N–H and O–H groups in total. The van der Waals surface area contributed by atoms with E-state index in [1.54, 1.807) is 0 Å². The highest BCUT2D eigenvalue weighted by Gasteiger charge is 2.23. The number of nitrogens with one attached hydrogen (secondary N) is 1. The van der Waals surface area contributed by atoms with Crippen molar-refractivity contribution in [2.45, 2.75) is 25.0 Å². The summed E-state index contributed by atoms with van der Waals surface area (Å²) in [6.07, 6.45) is 3.09. The third-order valence-corrected chi connectivity index (χ3v) is 5.06. The Morgan fingerprint density at radius 2 is 2.18 bits per heavy atom. The van der Waals surface area contributed by atoms with E-state index >= 15 is 0 Å². The first-order chi connectivity index (χ1) is 10.6. The quantitative estimate of drug-likeness (QED) is 0.783. The maximum Gasteiger partial charge on any atom is 0.224 e. The fourth-order valence-corrected chi connectivity index (χ4v) is 3.60. The summed E-state index contributed by atoms with van der Waals surface area (Å²) < 4.78 is 12.8. The van der Waals surface area contributed by atoms with Crippen LogP contribution in [0.15, 0.2) is 24.3 Å². The first kappa shape index (κ1) is 17.3. The molecule has 3 nitrogen and oxygen atoms in total. The van der Waals surface area contributed by atoms with Gasteiger partial charge in [-0.2, -0.15) is 11.8 Å². The van der Waals surface area contributed by atoms with Crippen LogP contribution in [-0.4, -0.2) is 43.2 Å². The first-order valence-corrected chi connectivity index (χ1v) is 9.09. The van der Waals surface area contributed by atoms with Gasteiger partial charge in [0, 0.05) is 18.8 Å². The van der Waals surface area contributed by atoms with Crippen molar-refractivity contribution in [3.63, 3.8) is 0 Å². The van der Waals surface area contributed by atoms with Crippen LogP contribution >= 0.6 is 11.8 Å². The molecule has 1 amide bonds. The van der Waals surface area contributed by atoms with Gasteiger partial charge in [-0.15, -0.1) is 0 Å². The number of hydrogen-bond donors (Lipinski definition) is 1. The summed E-state index contributed by atoms with van der Waals surface area (Å²) in [4.78, 5) is 14.3. The summed E-state index contributed by atoms with van der Waals surface area (Å²) in [5.41, 5.74) is 1.14. The van der Waals surface area contributed by atoms with Crippen LogP contribution in [0.2, 0.25) is 0 Å². The van der Waals surface area contributed by atoms with E-state index < -0.39 is 0 Å². The minimum atomic E-state index is -0.190. The van der Waals surface area contributed by atoms with Crippen LogP contribution in [0.25, 0.3) is 0 Å². The molecule has 0 radical (unpaired) electrons. The van der Waals surface area contributed by atoms with E-state index in [1.807, 2.05) is 23.9 Å². The summed E-state index contributed by atoms with van der Waals surface area (Å²) in [5.74, 6) is 2.06. The maximum absolute atomic E-state index is 12.8. The van der Waals surface area contributed by atoms with Crippen LogP contribution < -0.4 is 5.32 Å². The molecule has 1 atom stereocenters. The highest BCUT2D eigenvalue weighted by Crippen LogP contribution is 2.15. The van der Waals surface area contributed by atoms with Crippen LogP contribution in [0.4, 0.5) is 4.39 Å². The number of benzene rings is 1. The van der Waals surface area contributed by atoms with Gasteiger partial charge in [0.15, 0.2) is 0 Å². The third-order valence-electron chi connectivity index (χ3n) is 3.94. The molecule has 0 aliphatic carbocycles. The van der Waals surface area contributed by atoms with E-state index in [0.717, 1.165) is 56.0 Å². The second-order valence-electron chi connectivity index (χ2n) is 5.93. The lowest BCUT2D eigenvalue weighted by molar-refractivity contribution is -0.126. The minimum absolute atomic E-state index is 0.158. The average Bonchev–Trinajstić information content (AvgIpc) is 2.52. The average molecular weight is 324 g/mol. The largest absolute Gasteiger partial charge is 0.356 e. The van der Waals surface area contributed by atoms with E-state index in [4.69, 9.17) is 0 Å². The van der Waals surface area contributed by atoms with Crippen molar-refractivity contribution in [3.05, 3.63) is 35.6 Å². The zero-order valence-electron chi connectivity index (χ0n) is 13.2. The van der Waals surface area contributed by atoms with E-state index in [1.165, 1.54) is 12.1 Å². The molecule has 1 saturated heterocycles. The molecule has 1 aliphatic rings. The molecule has 1 unspecified atom stereocenters. The lowest BCUT2D eigenvalue weighted by Crippen LogP contribution is -2.41. The van der Waals surface area contributed by atoms with Crippen LogP contribution in [0, 0.1) is 11.7 Å². The fourth-order valence-electron chi connectivity index (χ4n) is 2.68. The van der Waals surface area contributed by atoms with Crippen LogP contribution in [0.1, 0.15) is 24.8 Å². The lowest BCUT2D eigenvalue weighted by Gasteiger charge is -2.28. The monoisotopic (exact) mass is 324 g/mol. The fraction of sp³-hybridized carbons (Fsp3) is 0.588. The second kappa shape index (κ2) is 9.16. The highest BCUT2D eigenvalue weighted by atomic mass is 32.2. The highest BCUT2D eigenvalue weighted by molar-refractivity contribution is 7.98. The van der Waals surface area contributed by atoms with Crippen LogP contribution in [-0.2, 0) is 10.5 Å². The molecule has 1 fully saturated rings. The molecule has 1 heterocycles. The molecular formula is C17H25FN2OS. The molecule has 1 aliphatic heterocycles. The molecular weight excluding hydrogens is 299 g/mol. The van der Waals surface area contributed by atoms with Crippen molar-refractivity contribution in [1.82, 2.24) is 10.2 Å². The Morgan fingerprint density at radius 1 is 1.41 bits per heavy atom. The Morgan fingerprint density at radius 3 is 2.91 bits per heavy atom. The molecule has 1 aromatic carbocycles. The third kappa shape index (κ3) is 5.97. The maximum atomic E-state index is 12.8. The predicted octanol–water partition coefficient (Wildman–Crippen LogP) is 2.91. The van der Waals surface area contributed by atoms with Crippen molar-refractivity contribution in [1.29, 1.82) is 0 Å². The number of likely N-dealkylation sites (tertiary alicyclic amines) is 1. The molecule has 0 bridgehead atoms. The number of carbonyl (C=O) groups excluding carboxylic acids is 1. The normalized spacial score (nSPS) is 19.1. The molecule has 0 saturated carbocycles. The number of amides is 1. The molecule has 1 aromatic rings. The van der Waals surface area contributed by atoms with E-state index in [0.29, 0.717) is 0 Å².